The Morgan fingerprint density at radius 3 is 2.48 bits per heavy atom. The summed E-state index contributed by atoms with van der Waals surface area (Å²) in [5.74, 6) is -1.25. The van der Waals surface area contributed by atoms with Gasteiger partial charge in [0.25, 0.3) is 5.91 Å². The Bertz CT molecular complexity index is 771. The van der Waals surface area contributed by atoms with E-state index < -0.39 is 12.1 Å². The summed E-state index contributed by atoms with van der Waals surface area (Å²) < 4.78 is 37.5. The van der Waals surface area contributed by atoms with Gasteiger partial charge in [0.1, 0.15) is 0 Å². The fraction of sp³-hybridized carbons (Fsp3) is 0.684. The summed E-state index contributed by atoms with van der Waals surface area (Å²) in [4.78, 5) is 29.5. The fourth-order valence-electron chi connectivity index (χ4n) is 3.96. The van der Waals surface area contributed by atoms with Gasteiger partial charge in [0.15, 0.2) is 5.82 Å². The molecule has 1 aromatic heterocycles. The van der Waals surface area contributed by atoms with Gasteiger partial charge in [-0.1, -0.05) is 0 Å². The third-order valence-corrected chi connectivity index (χ3v) is 5.55. The smallest absolute Gasteiger partial charge is 0.475 e. The van der Waals surface area contributed by atoms with Gasteiger partial charge in [-0.25, -0.2) is 9.86 Å². The Hall–Kier alpha value is -2.47. The highest BCUT2D eigenvalue weighted by atomic mass is 19.4. The van der Waals surface area contributed by atoms with Crippen molar-refractivity contribution in [1.82, 2.24) is 15.3 Å². The molecule has 4 heterocycles. The number of carbonyl (C=O) groups is 2. The van der Waals surface area contributed by atoms with E-state index in [0.29, 0.717) is 38.2 Å². The molecule has 1 aromatic rings. The van der Waals surface area contributed by atoms with Crippen molar-refractivity contribution < 1.29 is 37.4 Å². The monoisotopic (exact) mass is 446 g/mol. The first-order valence-corrected chi connectivity index (χ1v) is 10.0. The summed E-state index contributed by atoms with van der Waals surface area (Å²) in [6, 6.07) is 3.98. The topological polar surface area (TPSA) is 105 Å². The molecule has 1 amide bonds. The van der Waals surface area contributed by atoms with Crippen LogP contribution in [0.1, 0.15) is 18.5 Å². The van der Waals surface area contributed by atoms with E-state index in [2.05, 4.69) is 15.1 Å². The molecule has 0 spiro atoms. The number of aryl methyl sites for hydroxylation is 1. The zero-order valence-corrected chi connectivity index (χ0v) is 17.0. The molecule has 3 saturated heterocycles. The second-order valence-corrected chi connectivity index (χ2v) is 7.79. The molecular weight excluding hydrogens is 421 g/mol. The van der Waals surface area contributed by atoms with Crippen LogP contribution in [0.2, 0.25) is 0 Å². The van der Waals surface area contributed by atoms with Crippen molar-refractivity contribution in [2.75, 3.05) is 44.4 Å². The largest absolute Gasteiger partial charge is 0.490 e. The Kier molecular flexibility index (Phi) is 7.31. The van der Waals surface area contributed by atoms with E-state index >= 15 is 0 Å². The van der Waals surface area contributed by atoms with Gasteiger partial charge in [-0.15, -0.1) is 5.10 Å². The molecule has 31 heavy (non-hydrogen) atoms. The van der Waals surface area contributed by atoms with Gasteiger partial charge in [-0.05, 0) is 37.8 Å². The average molecular weight is 446 g/mol. The van der Waals surface area contributed by atoms with Crippen LogP contribution in [0.4, 0.5) is 19.0 Å². The van der Waals surface area contributed by atoms with Crippen LogP contribution in [0.15, 0.2) is 12.1 Å². The summed E-state index contributed by atoms with van der Waals surface area (Å²) in [7, 11) is 0. The van der Waals surface area contributed by atoms with E-state index in [4.69, 9.17) is 19.5 Å². The Morgan fingerprint density at radius 1 is 1.16 bits per heavy atom. The molecule has 3 aliphatic rings. The van der Waals surface area contributed by atoms with E-state index in [1.54, 1.807) is 5.06 Å². The maximum absolute atomic E-state index is 12.9. The number of halogens is 3. The maximum Gasteiger partial charge on any atom is 0.490 e. The standard InChI is InChI=1S/C17H24N4O3.C2HF3O2/c1-12-4-5-16(19-18-12)20-8-13-10-23-11-15(14(13)9-20)17(22)21-6-2-3-7-24-21;3-2(4,5)1(6)7/h4-5,13-15H,2-3,6-11H2,1H3;(H,6,7)/t13-,14-,15-;/m1./s1. The summed E-state index contributed by atoms with van der Waals surface area (Å²) >= 11 is 0. The third kappa shape index (κ3) is 5.82. The highest BCUT2D eigenvalue weighted by molar-refractivity contribution is 5.78. The number of hydrogen-bond donors (Lipinski definition) is 1. The van der Waals surface area contributed by atoms with Crippen molar-refractivity contribution in [3.63, 3.8) is 0 Å². The minimum absolute atomic E-state index is 0.0845. The zero-order chi connectivity index (χ0) is 22.6. The van der Waals surface area contributed by atoms with Crippen LogP contribution >= 0.6 is 0 Å². The minimum Gasteiger partial charge on any atom is -0.475 e. The fourth-order valence-corrected chi connectivity index (χ4v) is 3.96. The first-order chi connectivity index (χ1) is 14.7. The zero-order valence-electron chi connectivity index (χ0n) is 17.0. The molecule has 3 aliphatic heterocycles. The minimum atomic E-state index is -5.08. The molecule has 172 valence electrons. The number of hydrogen-bond acceptors (Lipinski definition) is 7. The maximum atomic E-state index is 12.9. The van der Waals surface area contributed by atoms with Gasteiger partial charge < -0.3 is 14.7 Å². The first kappa shape index (κ1) is 23.2. The van der Waals surface area contributed by atoms with Crippen LogP contribution in [0.25, 0.3) is 0 Å². The Balaban J connectivity index is 0.000000339. The van der Waals surface area contributed by atoms with Crippen LogP contribution < -0.4 is 4.90 Å². The van der Waals surface area contributed by atoms with Crippen LogP contribution in [0.3, 0.4) is 0 Å². The average Bonchev–Trinajstić information content (AvgIpc) is 3.18. The number of aromatic nitrogens is 2. The van der Waals surface area contributed by atoms with Crippen molar-refractivity contribution in [3.8, 4) is 0 Å². The molecule has 3 atom stereocenters. The van der Waals surface area contributed by atoms with Crippen molar-refractivity contribution in [3.05, 3.63) is 17.8 Å². The van der Waals surface area contributed by atoms with Crippen LogP contribution in [0.5, 0.6) is 0 Å². The van der Waals surface area contributed by atoms with Crippen molar-refractivity contribution in [2.24, 2.45) is 17.8 Å². The van der Waals surface area contributed by atoms with Gasteiger partial charge >= 0.3 is 12.1 Å². The lowest BCUT2D eigenvalue weighted by molar-refractivity contribution is -0.207. The lowest BCUT2D eigenvalue weighted by Gasteiger charge is -2.36. The number of ether oxygens (including phenoxy) is 1. The lowest BCUT2D eigenvalue weighted by Crippen LogP contribution is -2.47. The number of anilines is 1. The summed E-state index contributed by atoms with van der Waals surface area (Å²) in [5, 5.41) is 17.1. The van der Waals surface area contributed by atoms with Crippen molar-refractivity contribution in [1.29, 1.82) is 0 Å². The summed E-state index contributed by atoms with van der Waals surface area (Å²) in [5.41, 5.74) is 0.911. The number of carboxylic acids is 1. The first-order valence-electron chi connectivity index (χ1n) is 10.0. The number of rotatable bonds is 2. The van der Waals surface area contributed by atoms with E-state index in [0.717, 1.165) is 37.4 Å². The molecule has 3 fully saturated rings. The van der Waals surface area contributed by atoms with Crippen LogP contribution in [-0.4, -0.2) is 77.9 Å². The van der Waals surface area contributed by atoms with Crippen LogP contribution in [0, 0.1) is 24.7 Å². The Morgan fingerprint density at radius 2 is 1.90 bits per heavy atom. The lowest BCUT2D eigenvalue weighted by atomic mass is 9.82. The second kappa shape index (κ2) is 9.77. The predicted octanol–water partition coefficient (Wildman–Crippen LogP) is 1.67. The van der Waals surface area contributed by atoms with Crippen molar-refractivity contribution in [2.45, 2.75) is 25.9 Å². The molecule has 0 aromatic carbocycles. The van der Waals surface area contributed by atoms with E-state index in [1.807, 2.05) is 19.1 Å². The number of carboxylic acid groups (broad SMARTS) is 1. The summed E-state index contributed by atoms with van der Waals surface area (Å²) in [6.45, 7) is 6.17. The van der Waals surface area contributed by atoms with E-state index in [9.17, 15) is 18.0 Å². The molecule has 0 saturated carbocycles. The van der Waals surface area contributed by atoms with Gasteiger partial charge in [0.05, 0.1) is 31.4 Å². The molecule has 9 nitrogen and oxygen atoms in total. The second-order valence-electron chi connectivity index (χ2n) is 7.79. The summed E-state index contributed by atoms with van der Waals surface area (Å²) in [6.07, 6.45) is -3.05. The van der Waals surface area contributed by atoms with Crippen molar-refractivity contribution >= 4 is 17.7 Å². The number of hydroxylamine groups is 2. The SMILES string of the molecule is Cc1ccc(N2C[C@@H]3COC[C@@H](C(=O)N4CCCCO4)[C@@H]3C2)nn1.O=C(O)C(F)(F)F. The predicted molar refractivity (Wildman–Crippen MR) is 101 cm³/mol. The van der Waals surface area contributed by atoms with Gasteiger partial charge in [0, 0.05) is 25.6 Å². The number of carbonyl (C=O) groups excluding carboxylic acids is 1. The number of alkyl halides is 3. The molecule has 0 unspecified atom stereocenters. The number of fused-ring (bicyclic) bond motifs is 1. The number of amides is 1. The number of aliphatic carboxylic acids is 1. The third-order valence-electron chi connectivity index (χ3n) is 5.55. The van der Waals surface area contributed by atoms with Gasteiger partial charge in [-0.3, -0.25) is 9.63 Å². The van der Waals surface area contributed by atoms with Gasteiger partial charge in [-0.2, -0.15) is 18.3 Å². The molecule has 12 heteroatoms. The van der Waals surface area contributed by atoms with Gasteiger partial charge in [0.2, 0.25) is 0 Å². The molecule has 0 radical (unpaired) electrons. The molecule has 0 aliphatic carbocycles. The molecule has 4 rings (SSSR count). The number of nitrogens with zero attached hydrogens (tertiary/aromatic N) is 4. The highest BCUT2D eigenvalue weighted by Gasteiger charge is 2.46. The van der Waals surface area contributed by atoms with Crippen LogP contribution in [-0.2, 0) is 19.2 Å². The van der Waals surface area contributed by atoms with E-state index in [1.165, 1.54) is 0 Å². The molecule has 1 N–H and O–H groups in total. The quantitative estimate of drug-likeness (QED) is 0.732. The molecule has 0 bridgehead atoms. The van der Waals surface area contributed by atoms with E-state index in [-0.39, 0.29) is 11.8 Å². The molecular formula is C19H25F3N4O5. The normalized spacial score (nSPS) is 26.0. The Labute approximate surface area is 177 Å². The highest BCUT2D eigenvalue weighted by Crippen LogP contribution is 2.37.